The van der Waals surface area contributed by atoms with E-state index in [-0.39, 0.29) is 49.5 Å². The van der Waals surface area contributed by atoms with Crippen LogP contribution in [0.1, 0.15) is 109 Å². The van der Waals surface area contributed by atoms with Gasteiger partial charge >= 0.3 is 0 Å². The molecule has 508 valence electrons. The van der Waals surface area contributed by atoms with E-state index in [2.05, 4.69) is 39.9 Å². The minimum absolute atomic E-state index is 0.0987. The van der Waals surface area contributed by atoms with E-state index in [1.165, 1.54) is 36.3 Å². The van der Waals surface area contributed by atoms with Crippen molar-refractivity contribution in [3.8, 4) is 11.5 Å². The molecular formula is C60H72F4N12O14S4. The summed E-state index contributed by atoms with van der Waals surface area (Å²) in [6, 6.07) is 29.4. The zero-order valence-corrected chi connectivity index (χ0v) is 55.2. The standard InChI is InChI=1S/2C23H26FN3O4S.2C7H10FN3O3S/c2*1-16-4-6-18(7-5-16)14-27(15-19-8-10-21(31-3)11-9-19)32(29,30)17(2)22(28)23-25-12-20(24)13-26-23;2*1-4(15(9,13)14)6(12)7-10-2-5(8)3-11-7/h2*4-13,17,22,28H,14-15H2,1-3H3;2*2-4,6,12H,1H3,(H2,9,13,14)/t2*17-,22-;2*4-,6-/m1010/s1. The van der Waals surface area contributed by atoms with Crippen LogP contribution in [0.25, 0.3) is 0 Å². The molecule has 8 rings (SSSR count). The van der Waals surface area contributed by atoms with Crippen LogP contribution in [0.5, 0.6) is 11.5 Å². The molecule has 0 aliphatic heterocycles. The van der Waals surface area contributed by atoms with Crippen LogP contribution in [0.3, 0.4) is 0 Å². The summed E-state index contributed by atoms with van der Waals surface area (Å²) in [6.45, 7) is 9.56. The second-order valence-corrected chi connectivity index (χ2v) is 29.5. The number of benzene rings is 4. The number of nitrogens with zero attached hydrogens (tertiary/aromatic N) is 10. The molecule has 0 aliphatic carbocycles. The lowest BCUT2D eigenvalue weighted by Crippen LogP contribution is -2.40. The number of rotatable bonds is 24. The van der Waals surface area contributed by atoms with E-state index in [4.69, 9.17) is 19.8 Å². The van der Waals surface area contributed by atoms with E-state index in [1.807, 2.05) is 62.4 Å². The number of aliphatic hydroxyl groups is 4. The van der Waals surface area contributed by atoms with Gasteiger partial charge in [0.1, 0.15) is 56.9 Å². The van der Waals surface area contributed by atoms with Gasteiger partial charge < -0.3 is 29.9 Å². The smallest absolute Gasteiger partial charge is 0.220 e. The van der Waals surface area contributed by atoms with Crippen molar-refractivity contribution in [2.45, 2.75) is 113 Å². The van der Waals surface area contributed by atoms with Crippen LogP contribution in [0.4, 0.5) is 17.6 Å². The maximum atomic E-state index is 13.5. The maximum absolute atomic E-state index is 13.5. The number of nitrogens with two attached hydrogens (primary N) is 2. The number of sulfonamides is 4. The molecule has 4 aromatic carbocycles. The molecule has 0 radical (unpaired) electrons. The van der Waals surface area contributed by atoms with E-state index in [0.717, 1.165) is 83.0 Å². The van der Waals surface area contributed by atoms with Crippen molar-refractivity contribution < 1.29 is 81.1 Å². The van der Waals surface area contributed by atoms with Crippen molar-refractivity contribution in [2.24, 2.45) is 10.3 Å². The molecule has 0 saturated heterocycles. The molecule has 4 heterocycles. The molecule has 26 nitrogen and oxygen atoms in total. The summed E-state index contributed by atoms with van der Waals surface area (Å²) in [4.78, 5) is 28.8. The number of methoxy groups -OCH3 is 2. The van der Waals surface area contributed by atoms with Gasteiger partial charge in [0.15, 0.2) is 46.6 Å². The lowest BCUT2D eigenvalue weighted by atomic mass is 10.1. The monoisotopic (exact) mass is 1390 g/mol. The van der Waals surface area contributed by atoms with Crippen LogP contribution in [0.2, 0.25) is 0 Å². The van der Waals surface area contributed by atoms with Crippen molar-refractivity contribution in [1.82, 2.24) is 48.5 Å². The summed E-state index contributed by atoms with van der Waals surface area (Å²) >= 11 is 0. The highest BCUT2D eigenvalue weighted by molar-refractivity contribution is 7.90. The van der Waals surface area contributed by atoms with Gasteiger partial charge in [0.05, 0.1) is 63.8 Å². The van der Waals surface area contributed by atoms with Gasteiger partial charge in [0.2, 0.25) is 40.1 Å². The summed E-state index contributed by atoms with van der Waals surface area (Å²) < 4.78 is 162. The normalized spacial score (nSPS) is 14.4. The summed E-state index contributed by atoms with van der Waals surface area (Å²) in [6.07, 6.45) is 0.943. The topological polar surface area (TPSA) is 398 Å². The number of primary sulfonamides is 2. The number of aryl methyl sites for hydroxylation is 2. The number of aromatic nitrogens is 8. The van der Waals surface area contributed by atoms with Gasteiger partial charge in [-0.25, -0.2) is 101 Å². The Morgan fingerprint density at radius 2 is 0.564 bits per heavy atom. The summed E-state index contributed by atoms with van der Waals surface area (Å²) in [5.41, 5.74) is 5.29. The average molecular weight is 1390 g/mol. The third kappa shape index (κ3) is 22.6. The van der Waals surface area contributed by atoms with E-state index in [9.17, 15) is 71.7 Å². The minimum Gasteiger partial charge on any atom is -0.497 e. The molecule has 0 aliphatic rings. The Morgan fingerprint density at radius 3 is 0.755 bits per heavy atom. The number of ether oxygens (including phenoxy) is 2. The summed E-state index contributed by atoms with van der Waals surface area (Å²) in [5, 5.41) is 44.9. The molecule has 4 aromatic heterocycles. The molecule has 0 spiro atoms. The highest BCUT2D eigenvalue weighted by Gasteiger charge is 2.38. The fraction of sp³-hybridized carbons (Fsp3) is 0.333. The second-order valence-electron chi connectivity index (χ2n) is 21.1. The quantitative estimate of drug-likeness (QED) is 0.0411. The zero-order valence-electron chi connectivity index (χ0n) is 51.9. The molecule has 34 heteroatoms. The Balaban J connectivity index is 0.000000241. The van der Waals surface area contributed by atoms with Gasteiger partial charge in [0, 0.05) is 26.2 Å². The minimum atomic E-state index is -4.00. The van der Waals surface area contributed by atoms with Crippen LogP contribution in [-0.2, 0) is 66.3 Å². The third-order valence-corrected chi connectivity index (χ3v) is 21.0. The van der Waals surface area contributed by atoms with Crippen LogP contribution >= 0.6 is 0 Å². The van der Waals surface area contributed by atoms with E-state index in [0.29, 0.717) is 11.5 Å². The van der Waals surface area contributed by atoms with Crippen molar-refractivity contribution >= 4 is 40.1 Å². The Kier molecular flexibility index (Phi) is 28.1. The largest absolute Gasteiger partial charge is 0.497 e. The molecule has 0 fully saturated rings. The van der Waals surface area contributed by atoms with Gasteiger partial charge in [-0.2, -0.15) is 8.61 Å². The first kappa shape index (κ1) is 76.7. The van der Waals surface area contributed by atoms with Crippen LogP contribution in [0.15, 0.2) is 147 Å². The Morgan fingerprint density at radius 1 is 0.372 bits per heavy atom. The first-order valence-corrected chi connectivity index (χ1v) is 34.3. The van der Waals surface area contributed by atoms with Crippen molar-refractivity contribution in [2.75, 3.05) is 14.2 Å². The van der Waals surface area contributed by atoms with E-state index >= 15 is 0 Å². The number of aliphatic hydroxyl groups excluding tert-OH is 4. The molecular weight excluding hydrogens is 1320 g/mol. The highest BCUT2D eigenvalue weighted by atomic mass is 32.2. The van der Waals surface area contributed by atoms with E-state index < -0.39 is 109 Å². The molecule has 0 unspecified atom stereocenters. The Hall–Kier alpha value is -8.00. The molecule has 8 atom stereocenters. The van der Waals surface area contributed by atoms with E-state index in [1.54, 1.807) is 62.8 Å². The van der Waals surface area contributed by atoms with Crippen LogP contribution in [-0.4, -0.2) is 138 Å². The summed E-state index contributed by atoms with van der Waals surface area (Å²) in [7, 11) is -12.7. The Labute approximate surface area is 542 Å². The SMILES string of the molecule is COc1ccc(CN(Cc2ccc(C)cc2)S(=O)(=O)[C@@H](C)[C@H](O)c2ncc(F)cn2)cc1.COc1ccc(CN(Cc2ccc(C)cc2)S(=O)(=O)[C@H](C)[C@@H](O)c2ncc(F)cn2)cc1.C[C@@H]([C@H](O)c1ncc(F)cn1)S(N)(=O)=O.C[C@H]([C@@H](O)c1ncc(F)cn1)S(N)(=O)=O. The molecule has 0 amide bonds. The highest BCUT2D eigenvalue weighted by Crippen LogP contribution is 2.29. The number of hydrogen-bond acceptors (Lipinski definition) is 22. The number of hydrogen-bond donors (Lipinski definition) is 6. The average Bonchev–Trinajstić information content (AvgIpc) is 0.815. The maximum Gasteiger partial charge on any atom is 0.220 e. The van der Waals surface area contributed by atoms with Crippen molar-refractivity contribution in [3.05, 3.63) is 227 Å². The van der Waals surface area contributed by atoms with Gasteiger partial charge in [0.25, 0.3) is 0 Å². The fourth-order valence-electron chi connectivity index (χ4n) is 8.03. The lowest BCUT2D eigenvalue weighted by Gasteiger charge is -2.28. The van der Waals surface area contributed by atoms with Crippen molar-refractivity contribution in [3.63, 3.8) is 0 Å². The Bertz CT molecular complexity index is 3870. The van der Waals surface area contributed by atoms with Gasteiger partial charge in [-0.05, 0) is 88.1 Å². The predicted octanol–water partition coefficient (Wildman–Crippen LogP) is 5.43. The van der Waals surface area contributed by atoms with Gasteiger partial charge in [-0.1, -0.05) is 83.9 Å². The third-order valence-electron chi connectivity index (χ3n) is 14.1. The zero-order chi connectivity index (χ0) is 69.9. The lowest BCUT2D eigenvalue weighted by molar-refractivity contribution is 0.162. The number of halogens is 4. The molecule has 94 heavy (non-hydrogen) atoms. The van der Waals surface area contributed by atoms with Gasteiger partial charge in [-0.3, -0.25) is 0 Å². The first-order valence-electron chi connectivity index (χ1n) is 28.1. The summed E-state index contributed by atoms with van der Waals surface area (Å²) in [5.74, 6) is -2.02. The molecule has 0 saturated carbocycles. The predicted molar refractivity (Wildman–Crippen MR) is 337 cm³/mol. The molecule has 0 bridgehead atoms. The molecule has 8 N–H and O–H groups in total. The first-order chi connectivity index (χ1) is 44.0. The van der Waals surface area contributed by atoms with Gasteiger partial charge in [-0.15, -0.1) is 0 Å². The fourth-order valence-corrected chi connectivity index (χ4v) is 12.1. The van der Waals surface area contributed by atoms with Crippen LogP contribution < -0.4 is 19.8 Å². The molecule has 8 aromatic rings. The second kappa shape index (κ2) is 34.4. The van der Waals surface area contributed by atoms with Crippen LogP contribution in [0, 0.1) is 37.1 Å². The van der Waals surface area contributed by atoms with Crippen molar-refractivity contribution in [1.29, 1.82) is 0 Å².